The van der Waals surface area contributed by atoms with Gasteiger partial charge in [-0.25, -0.2) is 8.42 Å². The minimum atomic E-state index is -3.43. The third kappa shape index (κ3) is 7.06. The maximum absolute atomic E-state index is 10.7. The summed E-state index contributed by atoms with van der Waals surface area (Å²) in [7, 11) is 1.64. The molecule has 0 aromatic heterocycles. The molecular weight excluding hydrogens is 374 g/mol. The smallest absolute Gasteiger partial charge is 0.274 e. The summed E-state index contributed by atoms with van der Waals surface area (Å²) < 4.78 is 27.3. The van der Waals surface area contributed by atoms with Gasteiger partial charge in [-0.05, 0) is 25.3 Å². The summed E-state index contributed by atoms with van der Waals surface area (Å²) in [6, 6.07) is 4.36. The first-order chi connectivity index (χ1) is 9.28. The molecule has 9 heteroatoms. The molecule has 112 valence electrons. The zero-order chi connectivity index (χ0) is 15.2. The molecule has 0 spiro atoms. The predicted molar refractivity (Wildman–Crippen MR) is 79.8 cm³/mol. The summed E-state index contributed by atoms with van der Waals surface area (Å²) in [6.07, 6.45) is 1.77. The Morgan fingerprint density at radius 1 is 1.25 bits per heavy atom. The van der Waals surface area contributed by atoms with E-state index >= 15 is 0 Å². The van der Waals surface area contributed by atoms with Crippen molar-refractivity contribution in [1.82, 2.24) is 0 Å². The van der Waals surface area contributed by atoms with Gasteiger partial charge in [0.2, 0.25) is 9.05 Å². The van der Waals surface area contributed by atoms with E-state index in [1.165, 1.54) is 12.1 Å². The molecule has 0 atom stereocenters. The lowest BCUT2D eigenvalue weighted by Crippen LogP contribution is -2.01. The molecule has 1 aromatic rings. The van der Waals surface area contributed by atoms with Gasteiger partial charge in [-0.3, -0.25) is 10.1 Å². The monoisotopic (exact) mass is 385 g/mol. The molecule has 0 aliphatic rings. The molecule has 0 aliphatic heterocycles. The van der Waals surface area contributed by atoms with Crippen molar-refractivity contribution in [2.75, 3.05) is 12.4 Å². The number of nitro groups is 1. The predicted octanol–water partition coefficient (Wildman–Crippen LogP) is 3.48. The lowest BCUT2D eigenvalue weighted by atomic mass is 10.2. The highest BCUT2D eigenvalue weighted by atomic mass is 79.9. The highest BCUT2D eigenvalue weighted by Crippen LogP contribution is 2.26. The largest absolute Gasteiger partial charge is 0.493 e. The van der Waals surface area contributed by atoms with E-state index in [-0.39, 0.29) is 11.4 Å². The average Bonchev–Trinajstić information content (AvgIpc) is 2.31. The molecule has 1 aromatic carbocycles. The fourth-order valence-electron chi connectivity index (χ4n) is 1.48. The van der Waals surface area contributed by atoms with Gasteiger partial charge in [0.1, 0.15) is 5.75 Å². The van der Waals surface area contributed by atoms with Crippen molar-refractivity contribution in [3.05, 3.63) is 32.8 Å². The molecule has 0 N–H and O–H groups in total. The van der Waals surface area contributed by atoms with E-state index in [9.17, 15) is 18.5 Å². The molecule has 0 heterocycles. The second-order valence-corrected chi connectivity index (χ2v) is 7.87. The molecule has 0 radical (unpaired) electrons. The molecule has 1 rings (SSSR count). The standard InChI is InChI=1S/C11H13BrClNO5S/c12-9-6-10(14(15)16)8-11(7-9)19-4-2-1-3-5-20(13,17)18/h6-8H,1-5H2. The summed E-state index contributed by atoms with van der Waals surface area (Å²) in [5.41, 5.74) is -0.0531. The third-order valence-electron chi connectivity index (χ3n) is 2.37. The van der Waals surface area contributed by atoms with Crippen molar-refractivity contribution in [3.63, 3.8) is 0 Å². The van der Waals surface area contributed by atoms with Crippen LogP contribution >= 0.6 is 26.6 Å². The van der Waals surface area contributed by atoms with Crippen LogP contribution in [0.4, 0.5) is 5.69 Å². The van der Waals surface area contributed by atoms with Gasteiger partial charge < -0.3 is 4.74 Å². The van der Waals surface area contributed by atoms with Gasteiger partial charge >= 0.3 is 0 Å². The fourth-order valence-corrected chi connectivity index (χ4v) is 2.82. The SMILES string of the molecule is O=[N+]([O-])c1cc(Br)cc(OCCCCCS(=O)(=O)Cl)c1. The zero-order valence-electron chi connectivity index (χ0n) is 10.4. The van der Waals surface area contributed by atoms with Crippen LogP contribution in [0.25, 0.3) is 0 Å². The zero-order valence-corrected chi connectivity index (χ0v) is 13.6. The van der Waals surface area contributed by atoms with Crippen LogP contribution in [0.3, 0.4) is 0 Å². The Morgan fingerprint density at radius 3 is 2.55 bits per heavy atom. The van der Waals surface area contributed by atoms with E-state index < -0.39 is 14.0 Å². The van der Waals surface area contributed by atoms with Gasteiger partial charge in [0, 0.05) is 21.2 Å². The first kappa shape index (κ1) is 17.2. The summed E-state index contributed by atoms with van der Waals surface area (Å²) >= 11 is 3.17. The van der Waals surface area contributed by atoms with E-state index in [2.05, 4.69) is 15.9 Å². The maximum atomic E-state index is 10.7. The molecule has 0 saturated carbocycles. The van der Waals surface area contributed by atoms with Crippen LogP contribution < -0.4 is 4.74 Å². The Hall–Kier alpha value is -0.860. The lowest BCUT2D eigenvalue weighted by molar-refractivity contribution is -0.385. The number of hydrogen-bond donors (Lipinski definition) is 0. The van der Waals surface area contributed by atoms with E-state index in [4.69, 9.17) is 15.4 Å². The van der Waals surface area contributed by atoms with Crippen LogP contribution in [0.15, 0.2) is 22.7 Å². The van der Waals surface area contributed by atoms with Crippen LogP contribution in [0, 0.1) is 10.1 Å². The molecular formula is C11H13BrClNO5S. The van der Waals surface area contributed by atoms with Gasteiger partial charge in [-0.1, -0.05) is 15.9 Å². The highest BCUT2D eigenvalue weighted by Gasteiger charge is 2.09. The normalized spacial score (nSPS) is 11.3. The first-order valence-corrected chi connectivity index (χ1v) is 9.05. The second kappa shape index (κ2) is 7.80. The van der Waals surface area contributed by atoms with Gasteiger partial charge in [-0.15, -0.1) is 0 Å². The molecule has 0 aliphatic carbocycles. The van der Waals surface area contributed by atoms with Crippen molar-refractivity contribution >= 4 is 41.4 Å². The van der Waals surface area contributed by atoms with Gasteiger partial charge in [0.05, 0.1) is 23.3 Å². The van der Waals surface area contributed by atoms with E-state index in [0.717, 1.165) is 0 Å². The minimum Gasteiger partial charge on any atom is -0.493 e. The number of ether oxygens (including phenoxy) is 1. The number of hydrogen-bond acceptors (Lipinski definition) is 5. The number of halogens is 2. The minimum absolute atomic E-state index is 0.0531. The molecule has 20 heavy (non-hydrogen) atoms. The van der Waals surface area contributed by atoms with Gasteiger partial charge in [0.25, 0.3) is 5.69 Å². The van der Waals surface area contributed by atoms with E-state index in [1.54, 1.807) is 6.07 Å². The maximum Gasteiger partial charge on any atom is 0.274 e. The molecule has 0 amide bonds. The second-order valence-electron chi connectivity index (χ2n) is 4.05. The Bertz CT molecular complexity index is 578. The fraction of sp³-hybridized carbons (Fsp3) is 0.455. The number of unbranched alkanes of at least 4 members (excludes halogenated alkanes) is 2. The van der Waals surface area contributed by atoms with Crippen LogP contribution in [-0.2, 0) is 9.05 Å². The number of nitro benzene ring substituents is 1. The molecule has 0 saturated heterocycles. The molecule has 6 nitrogen and oxygen atoms in total. The Kier molecular flexibility index (Phi) is 6.70. The number of rotatable bonds is 8. The topological polar surface area (TPSA) is 86.5 Å². The highest BCUT2D eigenvalue weighted by molar-refractivity contribution is 9.10. The molecule has 0 fully saturated rings. The van der Waals surface area contributed by atoms with Crippen molar-refractivity contribution in [3.8, 4) is 5.75 Å². The van der Waals surface area contributed by atoms with Crippen LogP contribution in [0.1, 0.15) is 19.3 Å². The van der Waals surface area contributed by atoms with Gasteiger partial charge in [-0.2, -0.15) is 0 Å². The van der Waals surface area contributed by atoms with E-state index in [0.29, 0.717) is 36.1 Å². The van der Waals surface area contributed by atoms with Crippen molar-refractivity contribution < 1.29 is 18.1 Å². The Balaban J connectivity index is 2.37. The summed E-state index contributed by atoms with van der Waals surface area (Å²) in [5.74, 6) is 0.340. The average molecular weight is 387 g/mol. The van der Waals surface area contributed by atoms with Crippen LogP contribution in [0.2, 0.25) is 0 Å². The summed E-state index contributed by atoms with van der Waals surface area (Å²) in [4.78, 5) is 10.2. The molecule has 0 bridgehead atoms. The van der Waals surface area contributed by atoms with E-state index in [1.807, 2.05) is 0 Å². The number of nitrogens with zero attached hydrogens (tertiary/aromatic N) is 1. The van der Waals surface area contributed by atoms with Gasteiger partial charge in [0.15, 0.2) is 0 Å². The summed E-state index contributed by atoms with van der Waals surface area (Å²) in [6.45, 7) is 0.357. The number of non-ortho nitro benzene ring substituents is 1. The van der Waals surface area contributed by atoms with Crippen LogP contribution in [0.5, 0.6) is 5.75 Å². The lowest BCUT2D eigenvalue weighted by Gasteiger charge is -2.06. The van der Waals surface area contributed by atoms with Crippen molar-refractivity contribution in [1.29, 1.82) is 0 Å². The van der Waals surface area contributed by atoms with Crippen molar-refractivity contribution in [2.24, 2.45) is 0 Å². The third-order valence-corrected chi connectivity index (χ3v) is 4.07. The van der Waals surface area contributed by atoms with Crippen molar-refractivity contribution in [2.45, 2.75) is 19.3 Å². The van der Waals surface area contributed by atoms with Crippen LogP contribution in [-0.4, -0.2) is 25.7 Å². The Morgan fingerprint density at radius 2 is 1.95 bits per heavy atom. The quantitative estimate of drug-likeness (QED) is 0.295. The number of benzene rings is 1. The summed E-state index contributed by atoms with van der Waals surface area (Å²) in [5, 5.41) is 10.7. The Labute approximate surface area is 129 Å². The molecule has 0 unspecified atom stereocenters. The first-order valence-electron chi connectivity index (χ1n) is 5.78.